The number of hydrogen-bond donors (Lipinski definition) is 2. The molecule has 1 amide bonds. The zero-order chi connectivity index (χ0) is 17.6. The molecule has 0 fully saturated rings. The number of aryl methyl sites for hydroxylation is 2. The Morgan fingerprint density at radius 2 is 1.96 bits per heavy atom. The van der Waals surface area contributed by atoms with Gasteiger partial charge in [-0.05, 0) is 34.6 Å². The highest BCUT2D eigenvalue weighted by atomic mass is 127. The lowest BCUT2D eigenvalue weighted by Gasteiger charge is -2.25. The van der Waals surface area contributed by atoms with Gasteiger partial charge in [0.15, 0.2) is 5.96 Å². The minimum Gasteiger partial charge on any atom is -0.356 e. The third-order valence-corrected chi connectivity index (χ3v) is 4.24. The molecule has 2 N–H and O–H groups in total. The van der Waals surface area contributed by atoms with E-state index in [-0.39, 0.29) is 42.0 Å². The van der Waals surface area contributed by atoms with Crippen molar-refractivity contribution in [2.75, 3.05) is 27.2 Å². The summed E-state index contributed by atoms with van der Waals surface area (Å²) in [4.78, 5) is 23.8. The van der Waals surface area contributed by atoms with Crippen molar-refractivity contribution < 1.29 is 4.79 Å². The molecular formula is C16H30IN5OS. The molecule has 0 aliphatic rings. The van der Waals surface area contributed by atoms with Crippen molar-refractivity contribution >= 4 is 47.2 Å². The number of thiazole rings is 1. The average molecular weight is 467 g/mol. The van der Waals surface area contributed by atoms with Gasteiger partial charge in [0, 0.05) is 37.5 Å². The summed E-state index contributed by atoms with van der Waals surface area (Å²) in [6, 6.07) is 0. The summed E-state index contributed by atoms with van der Waals surface area (Å²) in [6.07, 6.45) is 0.901. The first-order chi connectivity index (χ1) is 10.6. The number of amides is 1. The third kappa shape index (κ3) is 8.27. The van der Waals surface area contributed by atoms with Crippen molar-refractivity contribution in [2.24, 2.45) is 4.99 Å². The van der Waals surface area contributed by atoms with Crippen molar-refractivity contribution in [1.29, 1.82) is 0 Å². The highest BCUT2D eigenvalue weighted by molar-refractivity contribution is 14.0. The predicted molar refractivity (Wildman–Crippen MR) is 113 cm³/mol. The predicted octanol–water partition coefficient (Wildman–Crippen LogP) is 2.34. The van der Waals surface area contributed by atoms with Gasteiger partial charge in [-0.25, -0.2) is 4.98 Å². The molecule has 0 atom stereocenters. The lowest BCUT2D eigenvalue weighted by Crippen LogP contribution is -2.49. The van der Waals surface area contributed by atoms with Crippen LogP contribution in [0.2, 0.25) is 0 Å². The molecule has 0 saturated heterocycles. The number of likely N-dealkylation sites (N-methyl/N-ethyl adjacent to an activating group) is 1. The number of carbonyl (C=O) groups is 1. The van der Waals surface area contributed by atoms with E-state index in [1.165, 1.54) is 4.88 Å². The van der Waals surface area contributed by atoms with Gasteiger partial charge in [0.05, 0.1) is 17.2 Å². The van der Waals surface area contributed by atoms with Crippen LogP contribution in [0, 0.1) is 13.8 Å². The van der Waals surface area contributed by atoms with E-state index in [0.717, 1.165) is 23.7 Å². The summed E-state index contributed by atoms with van der Waals surface area (Å²) in [7, 11) is 3.59. The minimum atomic E-state index is -0.226. The van der Waals surface area contributed by atoms with Crippen LogP contribution in [-0.2, 0) is 11.2 Å². The SMILES string of the molecule is CN=C(NCCc1sc(C)nc1C)N(C)CC(=O)NC(C)(C)C.I. The van der Waals surface area contributed by atoms with Crippen LogP contribution in [0.15, 0.2) is 4.99 Å². The molecule has 8 heteroatoms. The maximum Gasteiger partial charge on any atom is 0.240 e. The number of carbonyl (C=O) groups excluding carboxylic acids is 1. The monoisotopic (exact) mass is 467 g/mol. The molecule has 0 aliphatic carbocycles. The largest absolute Gasteiger partial charge is 0.356 e. The van der Waals surface area contributed by atoms with E-state index in [0.29, 0.717) is 5.96 Å². The van der Waals surface area contributed by atoms with Crippen LogP contribution < -0.4 is 10.6 Å². The van der Waals surface area contributed by atoms with Crippen molar-refractivity contribution in [3.63, 3.8) is 0 Å². The molecule has 1 rings (SSSR count). The Labute approximate surface area is 166 Å². The van der Waals surface area contributed by atoms with E-state index in [1.807, 2.05) is 46.6 Å². The zero-order valence-corrected chi connectivity index (χ0v) is 18.8. The first kappa shape index (κ1) is 23.1. The Bertz CT molecular complexity index is 565. The number of aliphatic imine (C=N–C) groups is 1. The molecule has 0 saturated carbocycles. The Hall–Kier alpha value is -0.900. The average Bonchev–Trinajstić information content (AvgIpc) is 2.70. The van der Waals surface area contributed by atoms with E-state index < -0.39 is 0 Å². The fourth-order valence-corrected chi connectivity index (χ4v) is 3.16. The molecule has 24 heavy (non-hydrogen) atoms. The number of nitrogens with zero attached hydrogens (tertiary/aromatic N) is 3. The molecule has 138 valence electrons. The normalized spacial score (nSPS) is 11.7. The fraction of sp³-hybridized carbons (Fsp3) is 0.688. The highest BCUT2D eigenvalue weighted by Crippen LogP contribution is 2.17. The smallest absolute Gasteiger partial charge is 0.240 e. The molecule has 0 radical (unpaired) electrons. The van der Waals surface area contributed by atoms with Gasteiger partial charge in [-0.15, -0.1) is 35.3 Å². The molecule has 6 nitrogen and oxygen atoms in total. The number of hydrogen-bond acceptors (Lipinski definition) is 4. The molecule has 0 spiro atoms. The van der Waals surface area contributed by atoms with Gasteiger partial charge >= 0.3 is 0 Å². The van der Waals surface area contributed by atoms with E-state index in [4.69, 9.17) is 0 Å². The van der Waals surface area contributed by atoms with E-state index in [1.54, 1.807) is 18.4 Å². The first-order valence-corrected chi connectivity index (χ1v) is 8.59. The number of rotatable bonds is 5. The van der Waals surface area contributed by atoms with Gasteiger partial charge < -0.3 is 15.5 Å². The van der Waals surface area contributed by atoms with Crippen LogP contribution in [0.1, 0.15) is 36.3 Å². The molecule has 0 unspecified atom stereocenters. The maximum atomic E-state index is 12.0. The maximum absolute atomic E-state index is 12.0. The second kappa shape index (κ2) is 10.2. The second-order valence-corrected chi connectivity index (χ2v) is 7.91. The lowest BCUT2D eigenvalue weighted by atomic mass is 10.1. The number of aromatic nitrogens is 1. The standard InChI is InChI=1S/C16H29N5OS.HI/c1-11-13(23-12(2)19-11)8-9-18-15(17-6)21(7)10-14(22)20-16(3,4)5;/h8-10H2,1-7H3,(H,17,18)(H,20,22);1H. The van der Waals surface area contributed by atoms with Gasteiger partial charge in [0.25, 0.3) is 0 Å². The van der Waals surface area contributed by atoms with Crippen molar-refractivity contribution in [1.82, 2.24) is 20.5 Å². The van der Waals surface area contributed by atoms with Crippen LogP contribution in [0.3, 0.4) is 0 Å². The molecule has 0 bridgehead atoms. The summed E-state index contributed by atoms with van der Waals surface area (Å²) in [5.74, 6) is 0.699. The summed E-state index contributed by atoms with van der Waals surface area (Å²) in [6.45, 7) is 11.0. The van der Waals surface area contributed by atoms with Crippen molar-refractivity contribution in [3.05, 3.63) is 15.6 Å². The van der Waals surface area contributed by atoms with E-state index >= 15 is 0 Å². The van der Waals surface area contributed by atoms with Crippen LogP contribution >= 0.6 is 35.3 Å². The number of guanidine groups is 1. The van der Waals surface area contributed by atoms with E-state index in [2.05, 4.69) is 20.6 Å². The first-order valence-electron chi connectivity index (χ1n) is 7.78. The van der Waals surface area contributed by atoms with Gasteiger partial charge in [-0.1, -0.05) is 0 Å². The number of halogens is 1. The van der Waals surface area contributed by atoms with Crippen molar-refractivity contribution in [2.45, 2.75) is 46.6 Å². The Kier molecular flexibility index (Phi) is 9.79. The minimum absolute atomic E-state index is 0. The quantitative estimate of drug-likeness (QED) is 0.396. The Morgan fingerprint density at radius 1 is 1.33 bits per heavy atom. The molecule has 0 aromatic carbocycles. The van der Waals surface area contributed by atoms with Gasteiger partial charge in [0.1, 0.15) is 0 Å². The topological polar surface area (TPSA) is 69.6 Å². The molecular weight excluding hydrogens is 437 g/mol. The summed E-state index contributed by atoms with van der Waals surface area (Å²) in [5, 5.41) is 7.34. The third-order valence-electron chi connectivity index (χ3n) is 3.10. The number of nitrogens with one attached hydrogen (secondary N) is 2. The zero-order valence-electron chi connectivity index (χ0n) is 15.7. The van der Waals surface area contributed by atoms with Crippen LogP contribution in [0.25, 0.3) is 0 Å². The Morgan fingerprint density at radius 3 is 2.42 bits per heavy atom. The second-order valence-electron chi connectivity index (χ2n) is 6.62. The fourth-order valence-electron chi connectivity index (χ4n) is 2.23. The summed E-state index contributed by atoms with van der Waals surface area (Å²) >= 11 is 1.73. The molecule has 1 aromatic rings. The van der Waals surface area contributed by atoms with Crippen LogP contribution in [0.4, 0.5) is 0 Å². The van der Waals surface area contributed by atoms with Crippen LogP contribution in [-0.4, -0.2) is 54.5 Å². The van der Waals surface area contributed by atoms with Gasteiger partial charge in [-0.2, -0.15) is 0 Å². The lowest BCUT2D eigenvalue weighted by molar-refractivity contribution is -0.122. The summed E-state index contributed by atoms with van der Waals surface area (Å²) < 4.78 is 0. The Balaban J connectivity index is 0.00000529. The van der Waals surface area contributed by atoms with Crippen molar-refractivity contribution in [3.8, 4) is 0 Å². The van der Waals surface area contributed by atoms with Gasteiger partial charge in [-0.3, -0.25) is 9.79 Å². The molecule has 1 aromatic heterocycles. The van der Waals surface area contributed by atoms with Crippen LogP contribution in [0.5, 0.6) is 0 Å². The highest BCUT2D eigenvalue weighted by Gasteiger charge is 2.16. The molecule has 0 aliphatic heterocycles. The van der Waals surface area contributed by atoms with E-state index in [9.17, 15) is 4.79 Å². The molecule has 1 heterocycles. The summed E-state index contributed by atoms with van der Waals surface area (Å²) in [5.41, 5.74) is 0.873. The van der Waals surface area contributed by atoms with Gasteiger partial charge in [0.2, 0.25) is 5.91 Å².